The van der Waals surface area contributed by atoms with E-state index < -0.39 is 34.5 Å². The van der Waals surface area contributed by atoms with E-state index in [4.69, 9.17) is 20.4 Å². The Labute approximate surface area is 187 Å². The van der Waals surface area contributed by atoms with E-state index in [0.29, 0.717) is 18.5 Å². The maximum Gasteiger partial charge on any atom is 0.490 e. The van der Waals surface area contributed by atoms with Crippen LogP contribution in [0.2, 0.25) is 0 Å². The number of rotatable bonds is 8. The molecule has 0 aromatic heterocycles. The number of carboxylic acids is 1. The van der Waals surface area contributed by atoms with Crippen LogP contribution >= 0.6 is 0 Å². The maximum atomic E-state index is 12.9. The molecular weight excluding hydrogens is 451 g/mol. The zero-order valence-electron chi connectivity index (χ0n) is 17.9. The third-order valence-electron chi connectivity index (χ3n) is 5.29. The molecule has 10 nitrogen and oxygen atoms in total. The van der Waals surface area contributed by atoms with Crippen LogP contribution < -0.4 is 11.1 Å². The van der Waals surface area contributed by atoms with Gasteiger partial charge in [0.2, 0.25) is 5.91 Å². The molecule has 33 heavy (non-hydrogen) atoms. The first-order valence-corrected chi connectivity index (χ1v) is 9.98. The normalized spacial score (nSPS) is 15.5. The number of esters is 1. The van der Waals surface area contributed by atoms with E-state index in [1.807, 2.05) is 0 Å². The first-order chi connectivity index (χ1) is 15.4. The summed E-state index contributed by atoms with van der Waals surface area (Å²) in [5, 5.41) is 20.7. The van der Waals surface area contributed by atoms with Crippen LogP contribution in [0.4, 0.5) is 18.9 Å². The monoisotopic (exact) mass is 477 g/mol. The Hall–Kier alpha value is -3.22. The van der Waals surface area contributed by atoms with Crippen molar-refractivity contribution in [2.75, 3.05) is 13.7 Å². The molecule has 4 N–H and O–H groups in total. The predicted octanol–water partition coefficient (Wildman–Crippen LogP) is 2.34. The number of hydrogen-bond donors (Lipinski definition) is 3. The summed E-state index contributed by atoms with van der Waals surface area (Å²) in [5.74, 6) is -3.47. The van der Waals surface area contributed by atoms with Crippen LogP contribution in [0, 0.1) is 15.5 Å². The van der Waals surface area contributed by atoms with Gasteiger partial charge in [-0.05, 0) is 31.4 Å². The fraction of sp³-hybridized carbons (Fsp3) is 0.550. The SMILES string of the molecule is COC(=O)[C@H](Cc1ccc([N+](=O)[O-])cc1)NC(=O)C1(CCN)CCCC1.O=C(O)C(F)(F)F. The second kappa shape index (κ2) is 12.1. The zero-order chi connectivity index (χ0) is 25.2. The van der Waals surface area contributed by atoms with E-state index in [-0.39, 0.29) is 18.0 Å². The zero-order valence-corrected chi connectivity index (χ0v) is 17.9. The molecule has 0 radical (unpaired) electrons. The van der Waals surface area contributed by atoms with Crippen molar-refractivity contribution in [3.05, 3.63) is 39.9 Å². The van der Waals surface area contributed by atoms with Gasteiger partial charge < -0.3 is 20.9 Å². The average molecular weight is 477 g/mol. The van der Waals surface area contributed by atoms with E-state index >= 15 is 0 Å². The Balaban J connectivity index is 0.000000675. The standard InChI is InChI=1S/C18H25N3O5.C2HF3O2/c1-26-16(22)15(12-13-4-6-14(7-5-13)21(24)25)20-17(23)18(10-11-19)8-2-3-9-18;3-2(4,5)1(6)7/h4-7,15H,2-3,8-12,19H2,1H3,(H,20,23);(H,6,7)/t15-;/m0./s1. The minimum atomic E-state index is -5.08. The number of nitrogens with zero attached hydrogens (tertiary/aromatic N) is 1. The lowest BCUT2D eigenvalue weighted by molar-refractivity contribution is -0.384. The van der Waals surface area contributed by atoms with Gasteiger partial charge in [-0.15, -0.1) is 0 Å². The number of nitro benzene ring substituents is 1. The van der Waals surface area contributed by atoms with Crippen molar-refractivity contribution in [2.45, 2.75) is 50.7 Å². The number of hydrogen-bond acceptors (Lipinski definition) is 7. The van der Waals surface area contributed by atoms with Gasteiger partial charge in [-0.2, -0.15) is 13.2 Å². The van der Waals surface area contributed by atoms with Crippen LogP contribution in [0.25, 0.3) is 0 Å². The van der Waals surface area contributed by atoms with Crippen LogP contribution in [0.3, 0.4) is 0 Å². The molecule has 1 saturated carbocycles. The van der Waals surface area contributed by atoms with Gasteiger partial charge in [0.05, 0.1) is 17.4 Å². The molecular formula is C20H26F3N3O7. The molecule has 1 aromatic rings. The third-order valence-corrected chi connectivity index (χ3v) is 5.29. The Bertz CT molecular complexity index is 838. The molecule has 1 aliphatic carbocycles. The number of carboxylic acid groups (broad SMARTS) is 1. The van der Waals surface area contributed by atoms with Crippen molar-refractivity contribution in [3.63, 3.8) is 0 Å². The Morgan fingerprint density at radius 3 is 2.15 bits per heavy atom. The topological polar surface area (TPSA) is 162 Å². The van der Waals surface area contributed by atoms with Crippen molar-refractivity contribution < 1.29 is 42.3 Å². The number of carbonyl (C=O) groups excluding carboxylic acids is 2. The highest BCUT2D eigenvalue weighted by Crippen LogP contribution is 2.41. The van der Waals surface area contributed by atoms with Gasteiger partial charge in [-0.25, -0.2) is 9.59 Å². The van der Waals surface area contributed by atoms with Crippen molar-refractivity contribution in [2.24, 2.45) is 11.1 Å². The lowest BCUT2D eigenvalue weighted by atomic mass is 9.81. The number of nitrogens with two attached hydrogens (primary N) is 1. The van der Waals surface area contributed by atoms with Gasteiger partial charge in [-0.3, -0.25) is 14.9 Å². The average Bonchev–Trinajstić information content (AvgIpc) is 3.23. The second-order valence-electron chi connectivity index (χ2n) is 7.51. The molecule has 0 saturated heterocycles. The quantitative estimate of drug-likeness (QED) is 0.292. The van der Waals surface area contributed by atoms with E-state index in [2.05, 4.69) is 5.32 Å². The van der Waals surface area contributed by atoms with Crippen LogP contribution in [-0.4, -0.2) is 53.7 Å². The third kappa shape index (κ3) is 8.33. The van der Waals surface area contributed by atoms with Gasteiger partial charge in [-0.1, -0.05) is 25.0 Å². The number of benzene rings is 1. The summed E-state index contributed by atoms with van der Waals surface area (Å²) < 4.78 is 36.6. The number of halogens is 3. The van der Waals surface area contributed by atoms with Crippen molar-refractivity contribution in [3.8, 4) is 0 Å². The highest BCUT2D eigenvalue weighted by Gasteiger charge is 2.41. The van der Waals surface area contributed by atoms with E-state index in [0.717, 1.165) is 25.7 Å². The molecule has 13 heteroatoms. The molecule has 1 amide bonds. The summed E-state index contributed by atoms with van der Waals surface area (Å²) in [4.78, 5) is 44.1. The molecule has 1 fully saturated rings. The summed E-state index contributed by atoms with van der Waals surface area (Å²) in [6.45, 7) is 0.415. The highest BCUT2D eigenvalue weighted by molar-refractivity contribution is 5.88. The lowest BCUT2D eigenvalue weighted by Gasteiger charge is -2.29. The van der Waals surface area contributed by atoms with Crippen molar-refractivity contribution in [1.82, 2.24) is 5.32 Å². The van der Waals surface area contributed by atoms with Gasteiger partial charge in [0.1, 0.15) is 6.04 Å². The van der Waals surface area contributed by atoms with Crippen molar-refractivity contribution in [1.29, 1.82) is 0 Å². The molecule has 0 unspecified atom stereocenters. The minimum absolute atomic E-state index is 0.0275. The number of amides is 1. The molecule has 1 aliphatic rings. The number of methoxy groups -OCH3 is 1. The van der Waals surface area contributed by atoms with Gasteiger partial charge >= 0.3 is 18.1 Å². The molecule has 0 spiro atoms. The van der Waals surface area contributed by atoms with Crippen LogP contribution in [-0.2, 0) is 25.5 Å². The molecule has 0 aliphatic heterocycles. The van der Waals surface area contributed by atoms with Crippen LogP contribution in [0.1, 0.15) is 37.7 Å². The second-order valence-corrected chi connectivity index (χ2v) is 7.51. The fourth-order valence-corrected chi connectivity index (χ4v) is 3.55. The Kier molecular flexibility index (Phi) is 10.2. The maximum absolute atomic E-state index is 12.9. The number of aliphatic carboxylic acids is 1. The molecule has 1 aromatic carbocycles. The summed E-state index contributed by atoms with van der Waals surface area (Å²) >= 11 is 0. The van der Waals surface area contributed by atoms with Gasteiger partial charge in [0.15, 0.2) is 0 Å². The Morgan fingerprint density at radius 1 is 1.24 bits per heavy atom. The fourth-order valence-electron chi connectivity index (χ4n) is 3.55. The summed E-state index contributed by atoms with van der Waals surface area (Å²) in [5.41, 5.74) is 5.84. The first-order valence-electron chi connectivity index (χ1n) is 9.98. The van der Waals surface area contributed by atoms with Crippen LogP contribution in [0.15, 0.2) is 24.3 Å². The highest BCUT2D eigenvalue weighted by atomic mass is 19.4. The van der Waals surface area contributed by atoms with Gasteiger partial charge in [0, 0.05) is 18.6 Å². The molecule has 0 bridgehead atoms. The minimum Gasteiger partial charge on any atom is -0.475 e. The number of ether oxygens (including phenoxy) is 1. The summed E-state index contributed by atoms with van der Waals surface area (Å²) in [6.07, 6.45) is -0.820. The van der Waals surface area contributed by atoms with E-state index in [9.17, 15) is 32.9 Å². The van der Waals surface area contributed by atoms with Gasteiger partial charge in [0.25, 0.3) is 5.69 Å². The molecule has 2 rings (SSSR count). The number of nitrogens with one attached hydrogen (secondary N) is 1. The summed E-state index contributed by atoms with van der Waals surface area (Å²) in [6, 6.07) is 5.05. The number of alkyl halides is 3. The number of carbonyl (C=O) groups is 3. The number of nitro groups is 1. The lowest BCUT2D eigenvalue weighted by Crippen LogP contribution is -2.49. The van der Waals surface area contributed by atoms with E-state index in [1.54, 1.807) is 12.1 Å². The molecule has 0 heterocycles. The number of non-ortho nitro benzene ring substituents is 1. The summed E-state index contributed by atoms with van der Waals surface area (Å²) in [7, 11) is 1.27. The smallest absolute Gasteiger partial charge is 0.475 e. The Morgan fingerprint density at radius 2 is 1.76 bits per heavy atom. The molecule has 184 valence electrons. The largest absolute Gasteiger partial charge is 0.490 e. The van der Waals surface area contributed by atoms with Crippen molar-refractivity contribution >= 4 is 23.5 Å². The van der Waals surface area contributed by atoms with E-state index in [1.165, 1.54) is 19.2 Å². The molecule has 1 atom stereocenters. The predicted molar refractivity (Wildman–Crippen MR) is 109 cm³/mol. The van der Waals surface area contributed by atoms with Crippen LogP contribution in [0.5, 0.6) is 0 Å². The first kappa shape index (κ1) is 27.8.